The number of nitrogens with zero attached hydrogens (tertiary/aromatic N) is 1. The summed E-state index contributed by atoms with van der Waals surface area (Å²) in [4.78, 5) is 17.1. The second-order valence-corrected chi connectivity index (χ2v) is 4.11. The fourth-order valence-electron chi connectivity index (χ4n) is 2.13. The summed E-state index contributed by atoms with van der Waals surface area (Å²) < 4.78 is 12.0. The van der Waals surface area contributed by atoms with Gasteiger partial charge in [-0.3, -0.25) is 0 Å². The van der Waals surface area contributed by atoms with Gasteiger partial charge in [-0.05, 0) is 31.5 Å². The number of carbonyl (C=O) groups excluding carboxylic acids is 1. The quantitative estimate of drug-likeness (QED) is 0.793. The molecule has 2 rings (SSSR count). The Bertz CT molecular complexity index is 615. The van der Waals surface area contributed by atoms with Gasteiger partial charge >= 0.3 is 5.97 Å². The number of aryl methyl sites for hydroxylation is 1. The Labute approximate surface area is 111 Å². The molecular formula is C14H17NO4. The maximum atomic E-state index is 11.8. The number of fused-ring (bicyclic) bond motifs is 1. The van der Waals surface area contributed by atoms with Gasteiger partial charge < -0.3 is 14.3 Å². The molecule has 2 aromatic rings. The molecule has 0 saturated carbocycles. The highest BCUT2D eigenvalue weighted by atomic mass is 16.6. The highest BCUT2D eigenvalue weighted by Crippen LogP contribution is 2.31. The maximum absolute atomic E-state index is 11.8. The van der Waals surface area contributed by atoms with Gasteiger partial charge in [-0.2, -0.15) is 4.73 Å². The molecule has 1 heterocycles. The average Bonchev–Trinajstić information content (AvgIpc) is 2.75. The minimum Gasteiger partial charge on any atom is -0.496 e. The Morgan fingerprint density at radius 3 is 2.63 bits per heavy atom. The van der Waals surface area contributed by atoms with Crippen LogP contribution >= 0.6 is 0 Å². The summed E-state index contributed by atoms with van der Waals surface area (Å²) in [6, 6.07) is 3.43. The molecule has 0 saturated heterocycles. The Hall–Kier alpha value is -2.17. The van der Waals surface area contributed by atoms with Gasteiger partial charge in [0.15, 0.2) is 0 Å². The average molecular weight is 263 g/mol. The third-order valence-corrected chi connectivity index (χ3v) is 2.95. The number of hydrogen-bond acceptors (Lipinski definition) is 4. The minimum atomic E-state index is -0.371. The van der Waals surface area contributed by atoms with E-state index in [1.807, 2.05) is 13.1 Å². The molecule has 102 valence electrons. The van der Waals surface area contributed by atoms with Gasteiger partial charge in [0, 0.05) is 11.6 Å². The van der Waals surface area contributed by atoms with E-state index in [-0.39, 0.29) is 5.97 Å². The van der Waals surface area contributed by atoms with Gasteiger partial charge in [-0.15, -0.1) is 0 Å². The first kappa shape index (κ1) is 13.3. The molecule has 0 N–H and O–H groups in total. The van der Waals surface area contributed by atoms with Gasteiger partial charge in [-0.25, -0.2) is 4.79 Å². The van der Waals surface area contributed by atoms with Crippen LogP contribution in [0.3, 0.4) is 0 Å². The lowest BCUT2D eigenvalue weighted by atomic mass is 10.1. The Balaban J connectivity index is 2.67. The smallest absolute Gasteiger partial charge is 0.338 e. The van der Waals surface area contributed by atoms with E-state index in [4.69, 9.17) is 14.3 Å². The van der Waals surface area contributed by atoms with Crippen LogP contribution in [0, 0.1) is 6.92 Å². The van der Waals surface area contributed by atoms with E-state index in [0.29, 0.717) is 17.9 Å². The zero-order valence-corrected chi connectivity index (χ0v) is 11.5. The van der Waals surface area contributed by atoms with Crippen LogP contribution in [0.15, 0.2) is 18.3 Å². The normalized spacial score (nSPS) is 10.5. The standard InChI is InChI=1S/C14H17NO4/c1-5-19-14(16)10-6-11-13(12(7-10)17-3)9(2)8-15(11)18-4/h6-8H,5H2,1-4H3. The number of hydrogen-bond donors (Lipinski definition) is 0. The molecule has 0 aliphatic carbocycles. The highest BCUT2D eigenvalue weighted by Gasteiger charge is 2.16. The van der Waals surface area contributed by atoms with Gasteiger partial charge in [0.2, 0.25) is 0 Å². The van der Waals surface area contributed by atoms with Gasteiger partial charge in [0.05, 0.1) is 24.8 Å². The van der Waals surface area contributed by atoms with Crippen LogP contribution in [0.4, 0.5) is 0 Å². The van der Waals surface area contributed by atoms with Crippen molar-refractivity contribution in [2.24, 2.45) is 0 Å². The van der Waals surface area contributed by atoms with Crippen molar-refractivity contribution in [3.05, 3.63) is 29.5 Å². The molecular weight excluding hydrogens is 246 g/mol. The van der Waals surface area contributed by atoms with Crippen molar-refractivity contribution < 1.29 is 19.1 Å². The molecule has 0 aliphatic rings. The summed E-state index contributed by atoms with van der Waals surface area (Å²) in [6.07, 6.45) is 1.85. The lowest BCUT2D eigenvalue weighted by molar-refractivity contribution is 0.0526. The first-order valence-electron chi connectivity index (χ1n) is 6.03. The Morgan fingerprint density at radius 1 is 1.32 bits per heavy atom. The van der Waals surface area contributed by atoms with E-state index in [2.05, 4.69) is 0 Å². The van der Waals surface area contributed by atoms with Crippen LogP contribution in [-0.2, 0) is 4.74 Å². The van der Waals surface area contributed by atoms with E-state index < -0.39 is 0 Å². The first-order valence-corrected chi connectivity index (χ1v) is 6.03. The van der Waals surface area contributed by atoms with E-state index >= 15 is 0 Å². The van der Waals surface area contributed by atoms with Crippen molar-refractivity contribution in [1.82, 2.24) is 4.73 Å². The van der Waals surface area contributed by atoms with Crippen molar-refractivity contribution in [3.8, 4) is 5.75 Å². The number of aromatic nitrogens is 1. The molecule has 1 aromatic heterocycles. The molecule has 1 aromatic carbocycles. The Kier molecular flexibility index (Phi) is 3.64. The van der Waals surface area contributed by atoms with Crippen molar-refractivity contribution >= 4 is 16.9 Å². The summed E-state index contributed by atoms with van der Waals surface area (Å²) in [7, 11) is 3.15. The summed E-state index contributed by atoms with van der Waals surface area (Å²) >= 11 is 0. The number of methoxy groups -OCH3 is 1. The van der Waals surface area contributed by atoms with Crippen molar-refractivity contribution in [1.29, 1.82) is 0 Å². The van der Waals surface area contributed by atoms with Crippen LogP contribution in [0.1, 0.15) is 22.8 Å². The third-order valence-electron chi connectivity index (χ3n) is 2.95. The molecule has 19 heavy (non-hydrogen) atoms. The third kappa shape index (κ3) is 2.23. The second kappa shape index (κ2) is 5.22. The second-order valence-electron chi connectivity index (χ2n) is 4.11. The van der Waals surface area contributed by atoms with E-state index in [0.717, 1.165) is 16.5 Å². The van der Waals surface area contributed by atoms with Crippen LogP contribution in [0.2, 0.25) is 0 Å². The van der Waals surface area contributed by atoms with Crippen molar-refractivity contribution in [2.45, 2.75) is 13.8 Å². The monoisotopic (exact) mass is 263 g/mol. The largest absolute Gasteiger partial charge is 0.496 e. The molecule has 5 nitrogen and oxygen atoms in total. The van der Waals surface area contributed by atoms with Crippen molar-refractivity contribution in [3.63, 3.8) is 0 Å². The predicted molar refractivity (Wildman–Crippen MR) is 71.7 cm³/mol. The molecule has 0 aliphatic heterocycles. The number of rotatable bonds is 4. The molecule has 0 fully saturated rings. The first-order chi connectivity index (χ1) is 9.12. The number of benzene rings is 1. The molecule has 0 spiro atoms. The lowest BCUT2D eigenvalue weighted by Crippen LogP contribution is -2.07. The molecule has 0 radical (unpaired) electrons. The van der Waals surface area contributed by atoms with Crippen LogP contribution in [0.5, 0.6) is 5.75 Å². The summed E-state index contributed by atoms with van der Waals surface area (Å²) in [5, 5.41) is 0.928. The minimum absolute atomic E-state index is 0.337. The van der Waals surface area contributed by atoms with Gasteiger partial charge in [-0.1, -0.05) is 0 Å². The number of carbonyl (C=O) groups is 1. The van der Waals surface area contributed by atoms with E-state index in [1.165, 1.54) is 0 Å². The molecule has 0 atom stereocenters. The summed E-state index contributed by atoms with van der Waals surface area (Å²) in [5.74, 6) is 0.262. The summed E-state index contributed by atoms with van der Waals surface area (Å²) in [6.45, 7) is 4.07. The summed E-state index contributed by atoms with van der Waals surface area (Å²) in [5.41, 5.74) is 2.24. The van der Waals surface area contributed by atoms with Gasteiger partial charge in [0.25, 0.3) is 0 Å². The van der Waals surface area contributed by atoms with Crippen molar-refractivity contribution in [2.75, 3.05) is 20.8 Å². The molecule has 0 unspecified atom stereocenters. The molecule has 0 amide bonds. The number of ether oxygens (including phenoxy) is 2. The van der Waals surface area contributed by atoms with Crippen LogP contribution in [-0.4, -0.2) is 31.5 Å². The lowest BCUT2D eigenvalue weighted by Gasteiger charge is -2.08. The topological polar surface area (TPSA) is 49.7 Å². The van der Waals surface area contributed by atoms with E-state index in [1.54, 1.807) is 38.0 Å². The van der Waals surface area contributed by atoms with Crippen LogP contribution in [0.25, 0.3) is 10.9 Å². The zero-order chi connectivity index (χ0) is 14.0. The maximum Gasteiger partial charge on any atom is 0.338 e. The zero-order valence-electron chi connectivity index (χ0n) is 11.5. The fraction of sp³-hybridized carbons (Fsp3) is 0.357. The SMILES string of the molecule is CCOC(=O)c1cc(OC)c2c(C)cn(OC)c2c1. The number of esters is 1. The fourth-order valence-corrected chi connectivity index (χ4v) is 2.13. The Morgan fingerprint density at radius 2 is 2.05 bits per heavy atom. The van der Waals surface area contributed by atoms with E-state index in [9.17, 15) is 4.79 Å². The van der Waals surface area contributed by atoms with Gasteiger partial charge in [0.1, 0.15) is 12.9 Å². The predicted octanol–water partition coefficient (Wildman–Crippen LogP) is 2.19. The molecule has 0 bridgehead atoms. The highest BCUT2D eigenvalue weighted by molar-refractivity contribution is 5.98. The molecule has 5 heteroatoms. The van der Waals surface area contributed by atoms with Crippen LogP contribution < -0.4 is 9.57 Å².